The summed E-state index contributed by atoms with van der Waals surface area (Å²) < 4.78 is 60.1. The first kappa shape index (κ1) is 21.0. The van der Waals surface area contributed by atoms with Gasteiger partial charge in [0.25, 0.3) is 10.0 Å². The molecule has 0 spiro atoms. The second-order valence-electron chi connectivity index (χ2n) is 7.57. The van der Waals surface area contributed by atoms with Gasteiger partial charge in [-0.1, -0.05) is 17.7 Å². The average molecular weight is 448 g/mol. The lowest BCUT2D eigenvalue weighted by atomic mass is 9.98. The number of aryl methyl sites for hydroxylation is 1. The van der Waals surface area contributed by atoms with Crippen molar-refractivity contribution in [2.24, 2.45) is 11.1 Å². The van der Waals surface area contributed by atoms with E-state index in [1.807, 2.05) is 0 Å². The highest BCUT2D eigenvalue weighted by Crippen LogP contribution is 2.61. The fraction of sp³-hybridized carbons (Fsp3) is 0.238. The number of esters is 1. The Labute approximate surface area is 176 Å². The molecule has 3 aromatic rings. The van der Waals surface area contributed by atoms with Crippen molar-refractivity contribution >= 4 is 32.8 Å². The van der Waals surface area contributed by atoms with Gasteiger partial charge < -0.3 is 10.5 Å². The molecule has 4 rings (SSSR count). The van der Waals surface area contributed by atoms with Crippen LogP contribution in [0.4, 0.5) is 8.78 Å². The third-order valence-corrected chi connectivity index (χ3v) is 7.43. The van der Waals surface area contributed by atoms with Crippen LogP contribution in [0.2, 0.25) is 0 Å². The predicted octanol–water partition coefficient (Wildman–Crippen LogP) is 2.60. The normalized spacial score (nSPS) is 20.6. The van der Waals surface area contributed by atoms with Crippen LogP contribution in [-0.4, -0.2) is 31.4 Å². The number of halogens is 2. The lowest BCUT2D eigenvalue weighted by Crippen LogP contribution is -2.34. The minimum Gasteiger partial charge on any atom is -0.468 e. The smallest absolute Gasteiger partial charge is 0.322 e. The Bertz CT molecular complexity index is 1350. The molecule has 1 aliphatic rings. The summed E-state index contributed by atoms with van der Waals surface area (Å²) >= 11 is 0. The Kier molecular flexibility index (Phi) is 4.65. The molecule has 2 aromatic carbocycles. The van der Waals surface area contributed by atoms with Gasteiger partial charge in [0, 0.05) is 23.6 Å². The van der Waals surface area contributed by atoms with Gasteiger partial charge in [-0.3, -0.25) is 9.59 Å². The van der Waals surface area contributed by atoms with Crippen LogP contribution < -0.4 is 5.73 Å². The number of ether oxygens (including phenoxy) is 1. The van der Waals surface area contributed by atoms with Crippen LogP contribution in [-0.2, 0) is 24.3 Å². The molecule has 1 aromatic heterocycles. The van der Waals surface area contributed by atoms with Crippen LogP contribution in [0.25, 0.3) is 10.9 Å². The highest BCUT2D eigenvalue weighted by atomic mass is 32.2. The number of aromatic nitrogens is 1. The Morgan fingerprint density at radius 3 is 2.35 bits per heavy atom. The Balaban J connectivity index is 1.96. The number of primary amides is 1. The standard InChI is InChI=1S/C21H18F2N2O5S/c1-11-3-5-12(6-4-11)31(28,29)25-10-14(13-7-16(22)17(23)8-18(13)25)15-9-21(15,19(24)26)20(27)30-2/h3-8,10,15H,9H2,1-2H3,(H2,24,26). The highest BCUT2D eigenvalue weighted by molar-refractivity contribution is 7.90. The molecule has 10 heteroatoms. The Morgan fingerprint density at radius 1 is 1.16 bits per heavy atom. The first-order chi connectivity index (χ1) is 14.5. The van der Waals surface area contributed by atoms with E-state index in [4.69, 9.17) is 10.5 Å². The summed E-state index contributed by atoms with van der Waals surface area (Å²) in [4.78, 5) is 24.2. The van der Waals surface area contributed by atoms with E-state index in [2.05, 4.69) is 0 Å². The third kappa shape index (κ3) is 3.01. The number of hydrogen-bond donors (Lipinski definition) is 1. The summed E-state index contributed by atoms with van der Waals surface area (Å²) in [7, 11) is -3.09. The van der Waals surface area contributed by atoms with E-state index >= 15 is 0 Å². The van der Waals surface area contributed by atoms with E-state index in [1.54, 1.807) is 19.1 Å². The van der Waals surface area contributed by atoms with E-state index in [0.29, 0.717) is 0 Å². The highest BCUT2D eigenvalue weighted by Gasteiger charge is 2.67. The molecule has 1 amide bonds. The van der Waals surface area contributed by atoms with E-state index < -0.39 is 44.9 Å². The zero-order valence-corrected chi connectivity index (χ0v) is 17.4. The molecule has 2 atom stereocenters. The molecule has 0 aliphatic heterocycles. The van der Waals surface area contributed by atoms with Crippen molar-refractivity contribution in [3.05, 3.63) is 65.4 Å². The summed E-state index contributed by atoms with van der Waals surface area (Å²) in [5, 5.41) is 0.0617. The molecule has 0 bridgehead atoms. The van der Waals surface area contributed by atoms with E-state index in [0.717, 1.165) is 28.8 Å². The van der Waals surface area contributed by atoms with E-state index in [1.165, 1.54) is 18.3 Å². The van der Waals surface area contributed by atoms with Crippen molar-refractivity contribution in [2.75, 3.05) is 7.11 Å². The van der Waals surface area contributed by atoms with Crippen molar-refractivity contribution in [3.63, 3.8) is 0 Å². The molecular weight excluding hydrogens is 430 g/mol. The first-order valence-corrected chi connectivity index (χ1v) is 10.7. The molecule has 31 heavy (non-hydrogen) atoms. The van der Waals surface area contributed by atoms with Gasteiger partial charge in [0.05, 0.1) is 17.5 Å². The zero-order valence-electron chi connectivity index (χ0n) is 16.6. The fourth-order valence-electron chi connectivity index (χ4n) is 3.93. The molecule has 0 saturated heterocycles. The number of nitrogens with two attached hydrogens (primary N) is 1. The molecule has 2 unspecified atom stereocenters. The van der Waals surface area contributed by atoms with Crippen LogP contribution in [0.3, 0.4) is 0 Å². The molecule has 2 N–H and O–H groups in total. The maximum Gasteiger partial charge on any atom is 0.322 e. The van der Waals surface area contributed by atoms with Crippen LogP contribution in [0.15, 0.2) is 47.5 Å². The topological polar surface area (TPSA) is 108 Å². The number of rotatable bonds is 5. The second kappa shape index (κ2) is 6.88. The molecule has 7 nitrogen and oxygen atoms in total. The van der Waals surface area contributed by atoms with Crippen molar-refractivity contribution < 1.29 is 31.5 Å². The fourth-order valence-corrected chi connectivity index (χ4v) is 5.30. The number of amides is 1. The number of hydrogen-bond acceptors (Lipinski definition) is 5. The van der Waals surface area contributed by atoms with Gasteiger partial charge in [0.1, 0.15) is 0 Å². The maximum atomic E-state index is 14.0. The van der Waals surface area contributed by atoms with Crippen LogP contribution >= 0.6 is 0 Å². The van der Waals surface area contributed by atoms with Gasteiger partial charge >= 0.3 is 5.97 Å². The van der Waals surface area contributed by atoms with Crippen LogP contribution in [0.1, 0.15) is 23.5 Å². The zero-order chi connectivity index (χ0) is 22.7. The number of methoxy groups -OCH3 is 1. The number of carbonyl (C=O) groups is 2. The summed E-state index contributed by atoms with van der Waals surface area (Å²) in [5.41, 5.74) is 4.65. The predicted molar refractivity (Wildman–Crippen MR) is 107 cm³/mol. The average Bonchev–Trinajstić information content (AvgIpc) is 3.38. The quantitative estimate of drug-likeness (QED) is 0.477. The lowest BCUT2D eigenvalue weighted by Gasteiger charge is -2.10. The van der Waals surface area contributed by atoms with Gasteiger partial charge in [0.15, 0.2) is 17.0 Å². The summed E-state index contributed by atoms with van der Waals surface area (Å²) in [5.74, 6) is -5.06. The monoisotopic (exact) mass is 448 g/mol. The van der Waals surface area contributed by atoms with Crippen LogP contribution in [0.5, 0.6) is 0 Å². The summed E-state index contributed by atoms with van der Waals surface area (Å²) in [6.07, 6.45) is 1.15. The second-order valence-corrected chi connectivity index (χ2v) is 9.38. The molecule has 162 valence electrons. The van der Waals surface area contributed by atoms with Crippen molar-refractivity contribution in [2.45, 2.75) is 24.2 Å². The van der Waals surface area contributed by atoms with E-state index in [9.17, 15) is 26.8 Å². The molecule has 1 heterocycles. The van der Waals surface area contributed by atoms with Gasteiger partial charge in [-0.15, -0.1) is 0 Å². The van der Waals surface area contributed by atoms with Crippen molar-refractivity contribution in [3.8, 4) is 0 Å². The van der Waals surface area contributed by atoms with Gasteiger partial charge in [-0.25, -0.2) is 21.2 Å². The summed E-state index contributed by atoms with van der Waals surface area (Å²) in [6, 6.07) is 7.63. The minimum absolute atomic E-state index is 0.0301. The van der Waals surface area contributed by atoms with Crippen LogP contribution in [0, 0.1) is 24.0 Å². The largest absolute Gasteiger partial charge is 0.468 e. The maximum absolute atomic E-state index is 14.0. The number of fused-ring (bicyclic) bond motifs is 1. The first-order valence-electron chi connectivity index (χ1n) is 9.24. The Hall–Kier alpha value is -3.27. The van der Waals surface area contributed by atoms with Gasteiger partial charge in [-0.05, 0) is 37.1 Å². The van der Waals surface area contributed by atoms with Crippen molar-refractivity contribution in [1.82, 2.24) is 3.97 Å². The lowest BCUT2D eigenvalue weighted by molar-refractivity contribution is -0.151. The Morgan fingerprint density at radius 2 is 1.77 bits per heavy atom. The summed E-state index contributed by atoms with van der Waals surface area (Å²) in [6.45, 7) is 1.79. The SMILES string of the molecule is COC(=O)C1(C(N)=O)CC1c1cn(S(=O)(=O)c2ccc(C)cc2)c2cc(F)c(F)cc12. The molecular formula is C21H18F2N2O5S. The molecule has 1 saturated carbocycles. The third-order valence-electron chi connectivity index (χ3n) is 5.75. The number of nitrogens with zero attached hydrogens (tertiary/aromatic N) is 1. The molecule has 1 aliphatic carbocycles. The molecule has 0 radical (unpaired) electrons. The van der Waals surface area contributed by atoms with Crippen molar-refractivity contribution in [1.29, 1.82) is 0 Å². The number of benzene rings is 2. The minimum atomic E-state index is -4.18. The number of carbonyl (C=O) groups excluding carboxylic acids is 2. The van der Waals surface area contributed by atoms with Gasteiger partial charge in [-0.2, -0.15) is 0 Å². The molecule has 1 fully saturated rings. The van der Waals surface area contributed by atoms with E-state index in [-0.39, 0.29) is 27.8 Å². The van der Waals surface area contributed by atoms with Gasteiger partial charge in [0.2, 0.25) is 5.91 Å².